The average molecular weight is 351 g/mol. The molecule has 0 bridgehead atoms. The van der Waals surface area contributed by atoms with Gasteiger partial charge in [-0.3, -0.25) is 4.79 Å². The molecule has 26 heavy (non-hydrogen) atoms. The number of nitrogens with zero attached hydrogens (tertiary/aromatic N) is 2. The van der Waals surface area contributed by atoms with E-state index in [1.807, 2.05) is 18.2 Å². The Hall–Kier alpha value is -2.82. The molecule has 2 aromatic carbocycles. The van der Waals surface area contributed by atoms with E-state index in [2.05, 4.69) is 48.0 Å². The molecule has 5 heteroatoms. The highest BCUT2D eigenvalue weighted by atomic mass is 16.5. The Kier molecular flexibility index (Phi) is 5.89. The lowest BCUT2D eigenvalue weighted by atomic mass is 10.1. The number of amides is 1. The second-order valence-corrected chi connectivity index (χ2v) is 6.52. The van der Waals surface area contributed by atoms with Gasteiger partial charge in [-0.15, -0.1) is 0 Å². The summed E-state index contributed by atoms with van der Waals surface area (Å²) in [6.07, 6.45) is 2.42. The van der Waals surface area contributed by atoms with Crippen LogP contribution in [-0.2, 0) is 17.8 Å². The third-order valence-corrected chi connectivity index (χ3v) is 4.32. The molecule has 0 aliphatic rings. The minimum atomic E-state index is 0.586. The molecular weight excluding hydrogens is 326 g/mol. The van der Waals surface area contributed by atoms with Crippen LogP contribution in [0.2, 0.25) is 0 Å². The molecule has 3 aromatic rings. The zero-order valence-corrected chi connectivity index (χ0v) is 15.4. The zero-order valence-electron chi connectivity index (χ0n) is 15.4. The van der Waals surface area contributed by atoms with Gasteiger partial charge >= 0.3 is 0 Å². The summed E-state index contributed by atoms with van der Waals surface area (Å²) in [6, 6.07) is 14.4. The third kappa shape index (κ3) is 4.42. The monoisotopic (exact) mass is 351 g/mol. The van der Waals surface area contributed by atoms with Crippen molar-refractivity contribution < 1.29 is 9.53 Å². The SMILES string of the molecule is Cc1cc(C)cc(OCCn2c(CCCNC=O)nc3ccccc32)c1. The van der Waals surface area contributed by atoms with Crippen LogP contribution >= 0.6 is 0 Å². The lowest BCUT2D eigenvalue weighted by Gasteiger charge is -2.12. The van der Waals surface area contributed by atoms with Gasteiger partial charge in [0.1, 0.15) is 18.2 Å². The van der Waals surface area contributed by atoms with Gasteiger partial charge in [-0.05, 0) is 55.7 Å². The maximum absolute atomic E-state index is 10.4. The van der Waals surface area contributed by atoms with E-state index in [1.165, 1.54) is 11.1 Å². The van der Waals surface area contributed by atoms with Crippen LogP contribution in [-0.4, -0.2) is 29.1 Å². The van der Waals surface area contributed by atoms with Crippen molar-refractivity contribution in [1.82, 2.24) is 14.9 Å². The second kappa shape index (κ2) is 8.52. The molecule has 0 fully saturated rings. The van der Waals surface area contributed by atoms with Gasteiger partial charge in [0, 0.05) is 13.0 Å². The number of benzene rings is 2. The number of para-hydroxylation sites is 2. The number of ether oxygens (including phenoxy) is 1. The number of aromatic nitrogens is 2. The Bertz CT molecular complexity index is 866. The lowest BCUT2D eigenvalue weighted by Crippen LogP contribution is -2.15. The fraction of sp³-hybridized carbons (Fsp3) is 0.333. The Labute approximate surface area is 154 Å². The molecule has 0 unspecified atom stereocenters. The van der Waals surface area contributed by atoms with E-state index in [4.69, 9.17) is 9.72 Å². The predicted octanol–water partition coefficient (Wildman–Crippen LogP) is 3.41. The van der Waals surface area contributed by atoms with Crippen molar-refractivity contribution in [2.45, 2.75) is 33.2 Å². The third-order valence-electron chi connectivity index (χ3n) is 4.32. The molecule has 1 N–H and O–H groups in total. The maximum Gasteiger partial charge on any atom is 0.207 e. The van der Waals surface area contributed by atoms with Gasteiger partial charge in [-0.1, -0.05) is 18.2 Å². The zero-order chi connectivity index (χ0) is 18.4. The molecule has 0 atom stereocenters. The fourth-order valence-corrected chi connectivity index (χ4v) is 3.24. The van der Waals surface area contributed by atoms with Crippen LogP contribution in [0.15, 0.2) is 42.5 Å². The Morgan fingerprint density at radius 1 is 1.15 bits per heavy atom. The first-order valence-electron chi connectivity index (χ1n) is 8.99. The highest BCUT2D eigenvalue weighted by molar-refractivity contribution is 5.75. The highest BCUT2D eigenvalue weighted by Gasteiger charge is 2.10. The number of nitrogens with one attached hydrogen (secondary N) is 1. The highest BCUT2D eigenvalue weighted by Crippen LogP contribution is 2.19. The number of hydrogen-bond acceptors (Lipinski definition) is 3. The number of hydrogen-bond donors (Lipinski definition) is 1. The van der Waals surface area contributed by atoms with Gasteiger partial charge in [0.05, 0.1) is 17.6 Å². The molecule has 0 aliphatic carbocycles. The first-order valence-corrected chi connectivity index (χ1v) is 8.99. The maximum atomic E-state index is 10.4. The molecule has 0 spiro atoms. The number of carbonyl (C=O) groups is 1. The molecule has 1 aromatic heterocycles. The van der Waals surface area contributed by atoms with E-state index in [1.54, 1.807) is 0 Å². The van der Waals surface area contributed by atoms with Crippen molar-refractivity contribution in [3.05, 3.63) is 59.4 Å². The average Bonchev–Trinajstić information content (AvgIpc) is 2.96. The summed E-state index contributed by atoms with van der Waals surface area (Å²) in [5.41, 5.74) is 4.53. The van der Waals surface area contributed by atoms with Crippen molar-refractivity contribution in [3.8, 4) is 5.75 Å². The largest absolute Gasteiger partial charge is 0.492 e. The molecule has 5 nitrogen and oxygen atoms in total. The smallest absolute Gasteiger partial charge is 0.207 e. The van der Waals surface area contributed by atoms with E-state index in [0.717, 1.165) is 48.4 Å². The summed E-state index contributed by atoms with van der Waals surface area (Å²) in [7, 11) is 0. The molecule has 1 heterocycles. The number of aryl methyl sites for hydroxylation is 3. The van der Waals surface area contributed by atoms with E-state index in [-0.39, 0.29) is 0 Å². The summed E-state index contributed by atoms with van der Waals surface area (Å²) in [6.45, 7) is 6.14. The summed E-state index contributed by atoms with van der Waals surface area (Å²) in [5.74, 6) is 1.94. The number of fused-ring (bicyclic) bond motifs is 1. The Balaban J connectivity index is 1.71. The Morgan fingerprint density at radius 2 is 1.92 bits per heavy atom. The minimum absolute atomic E-state index is 0.586. The number of carbonyl (C=O) groups excluding carboxylic acids is 1. The number of imidazole rings is 1. The molecule has 0 radical (unpaired) electrons. The van der Waals surface area contributed by atoms with Crippen molar-refractivity contribution in [1.29, 1.82) is 0 Å². The van der Waals surface area contributed by atoms with E-state index >= 15 is 0 Å². The molecule has 0 saturated carbocycles. The molecule has 136 valence electrons. The molecule has 0 saturated heterocycles. The van der Waals surface area contributed by atoms with Crippen molar-refractivity contribution in [2.24, 2.45) is 0 Å². The van der Waals surface area contributed by atoms with Crippen LogP contribution in [0.4, 0.5) is 0 Å². The van der Waals surface area contributed by atoms with Gasteiger partial charge in [0.25, 0.3) is 0 Å². The molecule has 3 rings (SSSR count). The molecular formula is C21H25N3O2. The quantitative estimate of drug-likeness (QED) is 0.475. The van der Waals surface area contributed by atoms with E-state index < -0.39 is 0 Å². The normalized spacial score (nSPS) is 10.8. The van der Waals surface area contributed by atoms with E-state index in [0.29, 0.717) is 13.2 Å². The predicted molar refractivity (Wildman–Crippen MR) is 104 cm³/mol. The van der Waals surface area contributed by atoms with E-state index in [9.17, 15) is 4.79 Å². The molecule has 1 amide bonds. The lowest BCUT2D eigenvalue weighted by molar-refractivity contribution is -0.109. The van der Waals surface area contributed by atoms with Gasteiger partial charge < -0.3 is 14.6 Å². The summed E-state index contributed by atoms with van der Waals surface area (Å²) in [5, 5.41) is 2.70. The van der Waals surface area contributed by atoms with Gasteiger partial charge in [0.2, 0.25) is 6.41 Å². The Morgan fingerprint density at radius 3 is 2.69 bits per heavy atom. The summed E-state index contributed by atoms with van der Waals surface area (Å²) >= 11 is 0. The minimum Gasteiger partial charge on any atom is -0.492 e. The van der Waals surface area contributed by atoms with Crippen molar-refractivity contribution >= 4 is 17.4 Å². The van der Waals surface area contributed by atoms with Crippen LogP contribution < -0.4 is 10.1 Å². The van der Waals surface area contributed by atoms with Crippen molar-refractivity contribution in [2.75, 3.05) is 13.2 Å². The fourth-order valence-electron chi connectivity index (χ4n) is 3.24. The van der Waals surface area contributed by atoms with Gasteiger partial charge in [0.15, 0.2) is 0 Å². The first kappa shape index (κ1) is 18.0. The standard InChI is InChI=1S/C21H25N3O2/c1-16-12-17(2)14-18(13-16)26-11-10-24-20-7-4-3-6-19(20)23-21(24)8-5-9-22-15-25/h3-4,6-7,12-15H,5,8-11H2,1-2H3,(H,22,25). The summed E-state index contributed by atoms with van der Waals surface area (Å²) in [4.78, 5) is 15.2. The first-order chi connectivity index (χ1) is 12.7. The van der Waals surface area contributed by atoms with Gasteiger partial charge in [-0.2, -0.15) is 0 Å². The molecule has 0 aliphatic heterocycles. The van der Waals surface area contributed by atoms with Crippen LogP contribution in [0, 0.1) is 13.8 Å². The van der Waals surface area contributed by atoms with Crippen molar-refractivity contribution in [3.63, 3.8) is 0 Å². The topological polar surface area (TPSA) is 56.1 Å². The van der Waals surface area contributed by atoms with Gasteiger partial charge in [-0.25, -0.2) is 4.98 Å². The van der Waals surface area contributed by atoms with Crippen LogP contribution in [0.1, 0.15) is 23.4 Å². The second-order valence-electron chi connectivity index (χ2n) is 6.52. The summed E-state index contributed by atoms with van der Waals surface area (Å²) < 4.78 is 8.20. The van der Waals surface area contributed by atoms with Crippen LogP contribution in [0.25, 0.3) is 11.0 Å². The van der Waals surface area contributed by atoms with Crippen LogP contribution in [0.3, 0.4) is 0 Å². The van der Waals surface area contributed by atoms with Crippen LogP contribution in [0.5, 0.6) is 5.75 Å². The number of rotatable bonds is 9.